The van der Waals surface area contributed by atoms with E-state index in [0.717, 1.165) is 11.3 Å². The average molecular weight is 302 g/mol. The quantitative estimate of drug-likeness (QED) is 0.504. The molecule has 0 aromatic heterocycles. The minimum atomic E-state index is -2.15. The first kappa shape index (κ1) is 15.2. The Balaban J connectivity index is 2.04. The van der Waals surface area contributed by atoms with E-state index in [0.29, 0.717) is 12.0 Å². The molecule has 2 atom stereocenters. The summed E-state index contributed by atoms with van der Waals surface area (Å²) in [6.45, 7) is 0. The molecule has 0 amide bonds. The average Bonchev–Trinajstić information content (AvgIpc) is 2.52. The van der Waals surface area contributed by atoms with Crippen molar-refractivity contribution in [2.45, 2.75) is 11.7 Å². The maximum atomic E-state index is 10.9. The Hall–Kier alpha value is -2.18. The summed E-state index contributed by atoms with van der Waals surface area (Å²) in [7, 11) is 0. The summed E-state index contributed by atoms with van der Waals surface area (Å²) in [6, 6.07) is 16.4. The van der Waals surface area contributed by atoms with Gasteiger partial charge in [0.25, 0.3) is 0 Å². The van der Waals surface area contributed by atoms with Crippen LogP contribution in [0.5, 0.6) is 0 Å². The third-order valence-electron chi connectivity index (χ3n) is 2.82. The highest BCUT2D eigenvalue weighted by Crippen LogP contribution is 2.19. The lowest BCUT2D eigenvalue weighted by atomic mass is 10.1. The van der Waals surface area contributed by atoms with Crippen molar-refractivity contribution in [2.24, 2.45) is 10.2 Å². The summed E-state index contributed by atoms with van der Waals surface area (Å²) in [5.74, 6) is 0. The molecule has 0 saturated carbocycles. The van der Waals surface area contributed by atoms with Crippen molar-refractivity contribution >= 4 is 28.7 Å². The minimum absolute atomic E-state index is 0.225. The van der Waals surface area contributed by atoms with Crippen LogP contribution in [0.2, 0.25) is 0 Å². The molecule has 2 rings (SSSR count). The Labute approximate surface area is 125 Å². The Bertz CT molecular complexity index is 642. The Morgan fingerprint density at radius 1 is 1.00 bits per heavy atom. The van der Waals surface area contributed by atoms with Crippen molar-refractivity contribution in [3.63, 3.8) is 0 Å². The number of carbonyl (C=O) groups excluding carboxylic acids is 1. The van der Waals surface area contributed by atoms with Gasteiger partial charge in [-0.25, -0.2) is 4.21 Å². The summed E-state index contributed by atoms with van der Waals surface area (Å²) in [6.07, 6.45) is 0.724. The van der Waals surface area contributed by atoms with Gasteiger partial charge in [0.1, 0.15) is 11.5 Å². The van der Waals surface area contributed by atoms with Gasteiger partial charge >= 0.3 is 0 Å². The SMILES string of the molecule is O=CC(Cc1ccc(N=Nc2ccccc2)cc1)S(=O)O. The van der Waals surface area contributed by atoms with Crippen LogP contribution in [-0.4, -0.2) is 20.3 Å². The molecule has 2 aromatic carbocycles. The number of hydrogen-bond acceptors (Lipinski definition) is 4. The summed E-state index contributed by atoms with van der Waals surface area (Å²) in [4.78, 5) is 10.7. The van der Waals surface area contributed by atoms with Gasteiger partial charge in [0, 0.05) is 0 Å². The molecule has 2 aromatic rings. The van der Waals surface area contributed by atoms with Crippen molar-refractivity contribution in [3.05, 3.63) is 60.2 Å². The third kappa shape index (κ3) is 4.70. The number of nitrogens with zero attached hydrogens (tertiary/aromatic N) is 2. The number of carbonyl (C=O) groups is 1. The second-order valence-corrected chi connectivity index (χ2v) is 5.51. The van der Waals surface area contributed by atoms with E-state index in [1.807, 2.05) is 30.3 Å². The van der Waals surface area contributed by atoms with Crippen LogP contribution in [0.3, 0.4) is 0 Å². The summed E-state index contributed by atoms with van der Waals surface area (Å²) >= 11 is -2.15. The summed E-state index contributed by atoms with van der Waals surface area (Å²) < 4.78 is 19.9. The normalized spacial score (nSPS) is 14.0. The Kier molecular flexibility index (Phi) is 5.48. The van der Waals surface area contributed by atoms with Crippen LogP contribution in [0, 0.1) is 0 Å². The molecule has 0 aliphatic heterocycles. The molecular formula is C15H14N2O3S. The van der Waals surface area contributed by atoms with Gasteiger partial charge in [0.05, 0.1) is 11.4 Å². The highest BCUT2D eigenvalue weighted by atomic mass is 32.2. The zero-order chi connectivity index (χ0) is 15.1. The first-order valence-corrected chi connectivity index (χ1v) is 7.46. The topological polar surface area (TPSA) is 79.1 Å². The van der Waals surface area contributed by atoms with Crippen LogP contribution in [0.25, 0.3) is 0 Å². The van der Waals surface area contributed by atoms with Crippen LogP contribution in [-0.2, 0) is 22.3 Å². The van der Waals surface area contributed by atoms with Crippen LogP contribution in [0.15, 0.2) is 64.8 Å². The Morgan fingerprint density at radius 2 is 1.57 bits per heavy atom. The highest BCUT2D eigenvalue weighted by Gasteiger charge is 2.14. The van der Waals surface area contributed by atoms with Crippen molar-refractivity contribution in [2.75, 3.05) is 0 Å². The standard InChI is InChI=1S/C15H14N2O3S/c18-11-15(21(19)20)10-12-6-8-14(9-7-12)17-16-13-4-2-1-3-5-13/h1-9,11,15H,10H2,(H,19,20). The fraction of sp³-hybridized carbons (Fsp3) is 0.133. The van der Waals surface area contributed by atoms with E-state index in [4.69, 9.17) is 4.55 Å². The van der Waals surface area contributed by atoms with E-state index >= 15 is 0 Å². The summed E-state index contributed by atoms with van der Waals surface area (Å²) in [5.41, 5.74) is 2.24. The van der Waals surface area contributed by atoms with Crippen molar-refractivity contribution in [1.29, 1.82) is 0 Å². The molecule has 108 valence electrons. The molecule has 0 fully saturated rings. The lowest BCUT2D eigenvalue weighted by molar-refractivity contribution is -0.107. The number of azo groups is 1. The van der Waals surface area contributed by atoms with E-state index in [9.17, 15) is 9.00 Å². The summed E-state index contributed by atoms with van der Waals surface area (Å²) in [5, 5.41) is 7.29. The van der Waals surface area contributed by atoms with Gasteiger partial charge < -0.3 is 9.35 Å². The molecule has 6 heteroatoms. The molecule has 0 bridgehead atoms. The second-order valence-electron chi connectivity index (χ2n) is 4.36. The molecule has 0 spiro atoms. The van der Waals surface area contributed by atoms with Crippen LogP contribution < -0.4 is 0 Å². The number of benzene rings is 2. The maximum Gasteiger partial charge on any atom is 0.163 e. The molecule has 5 nitrogen and oxygen atoms in total. The third-order valence-corrected chi connectivity index (χ3v) is 3.62. The molecule has 0 aliphatic carbocycles. The smallest absolute Gasteiger partial charge is 0.163 e. The lowest BCUT2D eigenvalue weighted by Crippen LogP contribution is -2.18. The second kappa shape index (κ2) is 7.56. The van der Waals surface area contributed by atoms with Gasteiger partial charge in [0.2, 0.25) is 0 Å². The molecule has 0 aliphatic rings. The molecule has 1 N–H and O–H groups in total. The van der Waals surface area contributed by atoms with Crippen molar-refractivity contribution in [1.82, 2.24) is 0 Å². The zero-order valence-corrected chi connectivity index (χ0v) is 11.9. The van der Waals surface area contributed by atoms with Gasteiger partial charge in [-0.05, 0) is 36.2 Å². The predicted octanol–water partition coefficient (Wildman–Crippen LogP) is 3.43. The first-order valence-electron chi connectivity index (χ1n) is 6.30. The fourth-order valence-electron chi connectivity index (χ4n) is 1.71. The molecule has 0 saturated heterocycles. The lowest BCUT2D eigenvalue weighted by Gasteiger charge is -2.05. The van der Waals surface area contributed by atoms with Crippen LogP contribution in [0.1, 0.15) is 5.56 Å². The van der Waals surface area contributed by atoms with E-state index in [-0.39, 0.29) is 6.42 Å². The van der Waals surface area contributed by atoms with E-state index in [2.05, 4.69) is 10.2 Å². The highest BCUT2D eigenvalue weighted by molar-refractivity contribution is 7.80. The molecule has 21 heavy (non-hydrogen) atoms. The van der Waals surface area contributed by atoms with E-state index in [1.165, 1.54) is 0 Å². The van der Waals surface area contributed by atoms with Gasteiger partial charge in [0.15, 0.2) is 11.1 Å². The van der Waals surface area contributed by atoms with Crippen LogP contribution in [0.4, 0.5) is 11.4 Å². The maximum absolute atomic E-state index is 10.9. The number of rotatable bonds is 6. The van der Waals surface area contributed by atoms with Crippen molar-refractivity contribution in [3.8, 4) is 0 Å². The van der Waals surface area contributed by atoms with Gasteiger partial charge in [-0.1, -0.05) is 30.3 Å². The molecule has 0 heterocycles. The van der Waals surface area contributed by atoms with E-state index < -0.39 is 16.3 Å². The van der Waals surface area contributed by atoms with Crippen molar-refractivity contribution < 1.29 is 13.6 Å². The Morgan fingerprint density at radius 3 is 2.10 bits per heavy atom. The van der Waals surface area contributed by atoms with Gasteiger partial charge in [-0.3, -0.25) is 0 Å². The first-order chi connectivity index (χ1) is 10.2. The van der Waals surface area contributed by atoms with Gasteiger partial charge in [-0.15, -0.1) is 0 Å². The van der Waals surface area contributed by atoms with E-state index in [1.54, 1.807) is 24.3 Å². The minimum Gasteiger partial charge on any atom is -0.306 e. The monoisotopic (exact) mass is 302 g/mol. The molecular weight excluding hydrogens is 288 g/mol. The molecule has 0 radical (unpaired) electrons. The van der Waals surface area contributed by atoms with Crippen LogP contribution >= 0.6 is 0 Å². The predicted molar refractivity (Wildman–Crippen MR) is 81.4 cm³/mol. The number of hydrogen-bond donors (Lipinski definition) is 1. The zero-order valence-electron chi connectivity index (χ0n) is 11.1. The van der Waals surface area contributed by atoms with Gasteiger partial charge in [-0.2, -0.15) is 10.2 Å². The largest absolute Gasteiger partial charge is 0.306 e. The molecule has 2 unspecified atom stereocenters. The number of aldehydes is 1. The fourth-order valence-corrected chi connectivity index (χ4v) is 2.14.